The number of thiazole rings is 1. The van der Waals surface area contributed by atoms with Gasteiger partial charge < -0.3 is 9.47 Å². The summed E-state index contributed by atoms with van der Waals surface area (Å²) in [6.07, 6.45) is 2.71. The quantitative estimate of drug-likeness (QED) is 0.411. The van der Waals surface area contributed by atoms with Crippen molar-refractivity contribution < 1.29 is 19.1 Å². The van der Waals surface area contributed by atoms with Gasteiger partial charge in [0.05, 0.1) is 24.1 Å². The second-order valence-corrected chi connectivity index (χ2v) is 7.32. The Morgan fingerprint density at radius 2 is 2.15 bits per heavy atom. The molecule has 2 heterocycles. The molecule has 0 aliphatic heterocycles. The lowest BCUT2D eigenvalue weighted by molar-refractivity contribution is -0.142. The van der Waals surface area contributed by atoms with Crippen LogP contribution in [-0.4, -0.2) is 34.9 Å². The largest absolute Gasteiger partial charge is 0.493 e. The average Bonchev–Trinajstić information content (AvgIpc) is 3.13. The van der Waals surface area contributed by atoms with Crippen LogP contribution in [0.1, 0.15) is 29.2 Å². The highest BCUT2D eigenvalue weighted by atomic mass is 79.9. The molecule has 3 aromatic rings. The molecule has 1 aromatic carbocycles. The lowest BCUT2D eigenvalue weighted by Crippen LogP contribution is -2.06. The molecule has 0 saturated heterocycles. The number of rotatable bonds is 7. The van der Waals surface area contributed by atoms with Crippen molar-refractivity contribution in [2.75, 3.05) is 13.2 Å². The Hall–Kier alpha value is -2.19. The van der Waals surface area contributed by atoms with Gasteiger partial charge in [0.1, 0.15) is 17.1 Å². The number of fused-ring (bicyclic) bond motifs is 1. The molecule has 2 aromatic heterocycles. The third-order valence-corrected chi connectivity index (χ3v) is 5.25. The first-order valence-electron chi connectivity index (χ1n) is 8.11. The minimum atomic E-state index is -0.291. The molecular formula is C18H17BrN2O4S. The van der Waals surface area contributed by atoms with Crippen LogP contribution in [0.2, 0.25) is 0 Å². The predicted octanol–water partition coefficient (Wildman–Crippen LogP) is 4.14. The van der Waals surface area contributed by atoms with Crippen LogP contribution in [0.5, 0.6) is 5.75 Å². The van der Waals surface area contributed by atoms with Crippen LogP contribution in [0, 0.1) is 0 Å². The number of benzene rings is 1. The number of aldehydes is 1. The monoisotopic (exact) mass is 436 g/mol. The molecule has 6 nitrogen and oxygen atoms in total. The summed E-state index contributed by atoms with van der Waals surface area (Å²) in [6.45, 7) is 4.60. The zero-order valence-corrected chi connectivity index (χ0v) is 16.7. The molecule has 0 N–H and O–H groups in total. The molecule has 0 fully saturated rings. The van der Waals surface area contributed by atoms with Crippen molar-refractivity contribution in [1.82, 2.24) is 9.38 Å². The Morgan fingerprint density at radius 1 is 1.35 bits per heavy atom. The molecule has 0 spiro atoms. The maximum atomic E-state index is 11.7. The van der Waals surface area contributed by atoms with Crippen molar-refractivity contribution in [3.8, 4) is 17.0 Å². The molecule has 136 valence electrons. The summed E-state index contributed by atoms with van der Waals surface area (Å²) in [5.74, 6) is 0.446. The van der Waals surface area contributed by atoms with E-state index >= 15 is 0 Å². The lowest BCUT2D eigenvalue weighted by Gasteiger charge is -2.07. The van der Waals surface area contributed by atoms with E-state index in [4.69, 9.17) is 9.47 Å². The van der Waals surface area contributed by atoms with E-state index < -0.39 is 0 Å². The van der Waals surface area contributed by atoms with E-state index in [0.29, 0.717) is 29.6 Å². The third kappa shape index (κ3) is 3.66. The molecule has 0 amide bonds. The zero-order chi connectivity index (χ0) is 18.7. The molecule has 8 heteroatoms. The van der Waals surface area contributed by atoms with Gasteiger partial charge in [-0.1, -0.05) is 0 Å². The molecule has 0 aliphatic carbocycles. The van der Waals surface area contributed by atoms with Crippen molar-refractivity contribution in [1.29, 1.82) is 0 Å². The Morgan fingerprint density at radius 3 is 2.81 bits per heavy atom. The summed E-state index contributed by atoms with van der Waals surface area (Å²) >= 11 is 4.85. The van der Waals surface area contributed by atoms with Crippen molar-refractivity contribution in [3.63, 3.8) is 0 Å². The van der Waals surface area contributed by atoms with Gasteiger partial charge in [0.15, 0.2) is 11.2 Å². The number of nitrogens with zero attached hydrogens (tertiary/aromatic N) is 2. The van der Waals surface area contributed by atoms with Gasteiger partial charge in [-0.2, -0.15) is 0 Å². The molecule has 0 bridgehead atoms. The number of ether oxygens (including phenoxy) is 2. The summed E-state index contributed by atoms with van der Waals surface area (Å²) in [5, 5.41) is 0. The maximum Gasteiger partial charge on any atom is 0.311 e. The summed E-state index contributed by atoms with van der Waals surface area (Å²) < 4.78 is 13.0. The first kappa shape index (κ1) is 18.6. The minimum absolute atomic E-state index is 0.171. The highest BCUT2D eigenvalue weighted by Gasteiger charge is 2.18. The Kier molecular flexibility index (Phi) is 5.73. The summed E-state index contributed by atoms with van der Waals surface area (Å²) in [5.41, 5.74) is 1.85. The third-order valence-electron chi connectivity index (χ3n) is 3.65. The smallest absolute Gasteiger partial charge is 0.311 e. The van der Waals surface area contributed by atoms with E-state index in [1.165, 1.54) is 11.3 Å². The second kappa shape index (κ2) is 8.01. The maximum absolute atomic E-state index is 11.7. The van der Waals surface area contributed by atoms with Gasteiger partial charge in [-0.25, -0.2) is 4.98 Å². The topological polar surface area (TPSA) is 69.9 Å². The van der Waals surface area contributed by atoms with Crippen LogP contribution in [0.4, 0.5) is 0 Å². The SMILES string of the molecule is CCOC(=O)Cc1cn2c(C=O)c(-c3ccc(OCC)c(Br)c3)nc2s1. The molecule has 3 rings (SSSR count). The van der Waals surface area contributed by atoms with Crippen LogP contribution < -0.4 is 4.74 Å². The summed E-state index contributed by atoms with van der Waals surface area (Å²) in [4.78, 5) is 29.4. The first-order chi connectivity index (χ1) is 12.6. The number of aromatic nitrogens is 2. The van der Waals surface area contributed by atoms with Crippen molar-refractivity contribution in [2.24, 2.45) is 0 Å². The number of carbonyl (C=O) groups is 2. The fraction of sp³-hybridized carbons (Fsp3) is 0.278. The fourth-order valence-corrected chi connectivity index (χ4v) is 4.05. The van der Waals surface area contributed by atoms with Gasteiger partial charge in [-0.05, 0) is 48.0 Å². The van der Waals surface area contributed by atoms with Crippen LogP contribution in [0.15, 0.2) is 28.9 Å². The Bertz CT molecular complexity index is 964. The number of esters is 1. The molecule has 0 atom stereocenters. The normalized spacial score (nSPS) is 10.9. The zero-order valence-electron chi connectivity index (χ0n) is 14.3. The number of hydrogen-bond acceptors (Lipinski definition) is 6. The van der Waals surface area contributed by atoms with Crippen molar-refractivity contribution in [3.05, 3.63) is 39.4 Å². The van der Waals surface area contributed by atoms with Crippen molar-refractivity contribution in [2.45, 2.75) is 20.3 Å². The van der Waals surface area contributed by atoms with Gasteiger partial charge >= 0.3 is 5.97 Å². The van der Waals surface area contributed by atoms with Crippen molar-refractivity contribution >= 4 is 44.5 Å². The summed E-state index contributed by atoms with van der Waals surface area (Å²) in [6, 6.07) is 5.59. The van der Waals surface area contributed by atoms with Gasteiger partial charge in [0.25, 0.3) is 0 Å². The van der Waals surface area contributed by atoms with E-state index in [2.05, 4.69) is 20.9 Å². The number of hydrogen-bond donors (Lipinski definition) is 0. The van der Waals surface area contributed by atoms with Gasteiger partial charge in [0, 0.05) is 16.6 Å². The molecule has 0 saturated carbocycles. The average molecular weight is 437 g/mol. The van der Waals surface area contributed by atoms with E-state index in [9.17, 15) is 9.59 Å². The van der Waals surface area contributed by atoms with E-state index in [0.717, 1.165) is 26.9 Å². The van der Waals surface area contributed by atoms with Crippen LogP contribution >= 0.6 is 27.3 Å². The van der Waals surface area contributed by atoms with E-state index in [1.54, 1.807) is 17.5 Å². The van der Waals surface area contributed by atoms with Gasteiger partial charge in [0.2, 0.25) is 0 Å². The van der Waals surface area contributed by atoms with Gasteiger partial charge in [-0.3, -0.25) is 14.0 Å². The standard InChI is InChI=1S/C18H17BrN2O4S/c1-3-24-15-6-5-11(7-13(15)19)17-14(10-22)21-9-12(26-18(21)20-17)8-16(23)25-4-2/h5-7,9-10H,3-4,8H2,1-2H3. The molecule has 0 unspecified atom stereocenters. The summed E-state index contributed by atoms with van der Waals surface area (Å²) in [7, 11) is 0. The van der Waals surface area contributed by atoms with E-state index in [1.807, 2.05) is 25.1 Å². The van der Waals surface area contributed by atoms with E-state index in [-0.39, 0.29) is 12.4 Å². The molecular weight excluding hydrogens is 420 g/mol. The Balaban J connectivity index is 1.97. The predicted molar refractivity (Wildman–Crippen MR) is 103 cm³/mol. The molecule has 0 radical (unpaired) electrons. The molecule has 0 aliphatic rings. The highest BCUT2D eigenvalue weighted by molar-refractivity contribution is 9.10. The number of carbonyl (C=O) groups excluding carboxylic acids is 2. The number of halogens is 1. The van der Waals surface area contributed by atoms with Crippen LogP contribution in [-0.2, 0) is 16.0 Å². The molecule has 26 heavy (non-hydrogen) atoms. The first-order valence-corrected chi connectivity index (χ1v) is 9.72. The van der Waals surface area contributed by atoms with Crippen LogP contribution in [0.3, 0.4) is 0 Å². The fourth-order valence-electron chi connectivity index (χ4n) is 2.59. The minimum Gasteiger partial charge on any atom is -0.493 e. The Labute approximate surface area is 162 Å². The second-order valence-electron chi connectivity index (χ2n) is 5.37. The lowest BCUT2D eigenvalue weighted by atomic mass is 10.1. The van der Waals surface area contributed by atoms with Gasteiger partial charge in [-0.15, -0.1) is 11.3 Å². The van der Waals surface area contributed by atoms with Crippen LogP contribution in [0.25, 0.3) is 16.2 Å². The highest BCUT2D eigenvalue weighted by Crippen LogP contribution is 2.33. The number of imidazole rings is 1.